The maximum absolute atomic E-state index is 5.81. The molecule has 0 saturated heterocycles. The van der Waals surface area contributed by atoms with E-state index in [9.17, 15) is 0 Å². The van der Waals surface area contributed by atoms with Crippen LogP contribution in [0.25, 0.3) is 11.1 Å². The summed E-state index contributed by atoms with van der Waals surface area (Å²) in [5.41, 5.74) is 9.29. The van der Waals surface area contributed by atoms with Crippen LogP contribution in [-0.2, 0) is 6.54 Å². The van der Waals surface area contributed by atoms with E-state index in [-0.39, 0.29) is 0 Å². The molecule has 1 aromatic carbocycles. The van der Waals surface area contributed by atoms with Crippen molar-refractivity contribution in [2.75, 3.05) is 6.61 Å². The SMILES string of the molecule is CCOc1cccc(-c2ccsc2)c1CN. The molecule has 0 saturated carbocycles. The van der Waals surface area contributed by atoms with Crippen LogP contribution in [0.3, 0.4) is 0 Å². The van der Waals surface area contributed by atoms with Crippen molar-refractivity contribution in [1.29, 1.82) is 0 Å². The van der Waals surface area contributed by atoms with Crippen LogP contribution in [0.5, 0.6) is 5.75 Å². The first kappa shape index (κ1) is 11.2. The number of hydrogen-bond acceptors (Lipinski definition) is 3. The summed E-state index contributed by atoms with van der Waals surface area (Å²) < 4.78 is 5.59. The van der Waals surface area contributed by atoms with Gasteiger partial charge in [0.15, 0.2) is 0 Å². The summed E-state index contributed by atoms with van der Waals surface area (Å²) in [4.78, 5) is 0. The molecule has 2 aromatic rings. The molecule has 0 bridgehead atoms. The van der Waals surface area contributed by atoms with Gasteiger partial charge in [0.1, 0.15) is 5.75 Å². The molecule has 3 heteroatoms. The summed E-state index contributed by atoms with van der Waals surface area (Å²) in [5.74, 6) is 0.897. The molecular formula is C13H15NOS. The van der Waals surface area contributed by atoms with Crippen molar-refractivity contribution < 1.29 is 4.74 Å². The van der Waals surface area contributed by atoms with Crippen LogP contribution in [0.2, 0.25) is 0 Å². The Bertz CT molecular complexity index is 451. The number of benzene rings is 1. The minimum atomic E-state index is 0.501. The van der Waals surface area contributed by atoms with Crippen molar-refractivity contribution in [3.05, 3.63) is 40.6 Å². The average Bonchev–Trinajstić information content (AvgIpc) is 2.82. The van der Waals surface area contributed by atoms with Gasteiger partial charge in [-0.15, -0.1) is 0 Å². The van der Waals surface area contributed by atoms with E-state index in [2.05, 4.69) is 22.9 Å². The first-order chi connectivity index (χ1) is 7.86. The number of ether oxygens (including phenoxy) is 1. The third-order valence-electron chi connectivity index (χ3n) is 2.47. The summed E-state index contributed by atoms with van der Waals surface area (Å²) in [7, 11) is 0. The van der Waals surface area contributed by atoms with E-state index in [0.717, 1.165) is 11.3 Å². The molecule has 2 rings (SSSR count). The van der Waals surface area contributed by atoms with Crippen molar-refractivity contribution in [2.24, 2.45) is 5.73 Å². The van der Waals surface area contributed by atoms with Gasteiger partial charge in [-0.25, -0.2) is 0 Å². The molecule has 0 unspecified atom stereocenters. The van der Waals surface area contributed by atoms with E-state index < -0.39 is 0 Å². The first-order valence-corrected chi connectivity index (χ1v) is 6.28. The Kier molecular flexibility index (Phi) is 3.59. The van der Waals surface area contributed by atoms with Crippen LogP contribution in [0, 0.1) is 0 Å². The molecule has 0 atom stereocenters. The van der Waals surface area contributed by atoms with Gasteiger partial charge in [0.25, 0.3) is 0 Å². The molecule has 1 aromatic heterocycles. The fourth-order valence-corrected chi connectivity index (χ4v) is 2.41. The van der Waals surface area contributed by atoms with Crippen LogP contribution in [0.4, 0.5) is 0 Å². The first-order valence-electron chi connectivity index (χ1n) is 5.34. The van der Waals surface area contributed by atoms with Crippen molar-refractivity contribution >= 4 is 11.3 Å². The van der Waals surface area contributed by atoms with Crippen LogP contribution < -0.4 is 10.5 Å². The lowest BCUT2D eigenvalue weighted by Crippen LogP contribution is -2.03. The van der Waals surface area contributed by atoms with Crippen molar-refractivity contribution in [3.8, 4) is 16.9 Å². The molecule has 1 heterocycles. The number of hydrogen-bond donors (Lipinski definition) is 1. The second-order valence-corrected chi connectivity index (χ2v) is 4.21. The topological polar surface area (TPSA) is 35.2 Å². The summed E-state index contributed by atoms with van der Waals surface area (Å²) in [5, 5.41) is 4.20. The Balaban J connectivity index is 2.49. The minimum Gasteiger partial charge on any atom is -0.494 e. The molecule has 0 spiro atoms. The largest absolute Gasteiger partial charge is 0.494 e. The maximum atomic E-state index is 5.81. The van der Waals surface area contributed by atoms with Gasteiger partial charge in [-0.05, 0) is 40.9 Å². The lowest BCUT2D eigenvalue weighted by molar-refractivity contribution is 0.337. The zero-order valence-corrected chi connectivity index (χ0v) is 10.1. The second-order valence-electron chi connectivity index (χ2n) is 3.43. The molecule has 0 radical (unpaired) electrons. The fraction of sp³-hybridized carbons (Fsp3) is 0.231. The van der Waals surface area contributed by atoms with Gasteiger partial charge in [-0.2, -0.15) is 11.3 Å². The van der Waals surface area contributed by atoms with E-state index in [1.165, 1.54) is 11.1 Å². The fourth-order valence-electron chi connectivity index (χ4n) is 1.76. The monoisotopic (exact) mass is 233 g/mol. The number of nitrogens with two attached hydrogens (primary N) is 1. The lowest BCUT2D eigenvalue weighted by Gasteiger charge is -2.12. The van der Waals surface area contributed by atoms with Gasteiger partial charge < -0.3 is 10.5 Å². The number of thiophene rings is 1. The normalized spacial score (nSPS) is 10.4. The van der Waals surface area contributed by atoms with E-state index in [1.54, 1.807) is 11.3 Å². The average molecular weight is 233 g/mol. The zero-order chi connectivity index (χ0) is 11.4. The molecule has 0 aliphatic rings. The van der Waals surface area contributed by atoms with E-state index >= 15 is 0 Å². The highest BCUT2D eigenvalue weighted by Crippen LogP contribution is 2.31. The van der Waals surface area contributed by atoms with Crippen molar-refractivity contribution in [3.63, 3.8) is 0 Å². The molecule has 2 nitrogen and oxygen atoms in total. The highest BCUT2D eigenvalue weighted by Gasteiger charge is 2.09. The standard InChI is InChI=1S/C13H15NOS/c1-2-15-13-5-3-4-11(12(13)8-14)10-6-7-16-9-10/h3-7,9H,2,8,14H2,1H3. The summed E-state index contributed by atoms with van der Waals surface area (Å²) >= 11 is 1.69. The highest BCUT2D eigenvalue weighted by atomic mass is 32.1. The Labute approximate surface area is 99.7 Å². The third-order valence-corrected chi connectivity index (χ3v) is 3.15. The number of rotatable bonds is 4. The van der Waals surface area contributed by atoms with Gasteiger partial charge in [0, 0.05) is 12.1 Å². The van der Waals surface area contributed by atoms with Crippen molar-refractivity contribution in [1.82, 2.24) is 0 Å². The van der Waals surface area contributed by atoms with Crippen LogP contribution in [-0.4, -0.2) is 6.61 Å². The zero-order valence-electron chi connectivity index (χ0n) is 9.27. The van der Waals surface area contributed by atoms with Gasteiger partial charge in [-0.3, -0.25) is 0 Å². The van der Waals surface area contributed by atoms with Gasteiger partial charge in [0.05, 0.1) is 6.61 Å². The van der Waals surface area contributed by atoms with Crippen molar-refractivity contribution in [2.45, 2.75) is 13.5 Å². The van der Waals surface area contributed by atoms with E-state index in [1.807, 2.05) is 19.1 Å². The third kappa shape index (κ3) is 2.10. The quantitative estimate of drug-likeness (QED) is 0.879. The van der Waals surface area contributed by atoms with E-state index in [0.29, 0.717) is 13.2 Å². The summed E-state index contributed by atoms with van der Waals surface area (Å²) in [6.45, 7) is 3.15. The smallest absolute Gasteiger partial charge is 0.124 e. The second kappa shape index (κ2) is 5.14. The Hall–Kier alpha value is -1.32. The molecular weight excluding hydrogens is 218 g/mol. The summed E-state index contributed by atoms with van der Waals surface area (Å²) in [6.07, 6.45) is 0. The van der Waals surface area contributed by atoms with Gasteiger partial charge in [0.2, 0.25) is 0 Å². The van der Waals surface area contributed by atoms with E-state index in [4.69, 9.17) is 10.5 Å². The Morgan fingerprint density at radius 2 is 2.19 bits per heavy atom. The molecule has 84 valence electrons. The van der Waals surface area contributed by atoms with Gasteiger partial charge in [-0.1, -0.05) is 12.1 Å². The maximum Gasteiger partial charge on any atom is 0.124 e. The molecule has 0 aliphatic heterocycles. The molecule has 0 fully saturated rings. The predicted molar refractivity (Wildman–Crippen MR) is 68.8 cm³/mol. The summed E-state index contributed by atoms with van der Waals surface area (Å²) in [6, 6.07) is 8.18. The lowest BCUT2D eigenvalue weighted by atomic mass is 10.0. The Morgan fingerprint density at radius 1 is 1.31 bits per heavy atom. The minimum absolute atomic E-state index is 0.501. The van der Waals surface area contributed by atoms with Crippen LogP contribution in [0.1, 0.15) is 12.5 Å². The molecule has 0 aliphatic carbocycles. The Morgan fingerprint density at radius 3 is 2.81 bits per heavy atom. The highest BCUT2D eigenvalue weighted by molar-refractivity contribution is 7.08. The molecule has 2 N–H and O–H groups in total. The molecule has 0 amide bonds. The van der Waals surface area contributed by atoms with Crippen LogP contribution in [0.15, 0.2) is 35.0 Å². The predicted octanol–water partition coefficient (Wildman–Crippen LogP) is 3.27. The van der Waals surface area contributed by atoms with Crippen LogP contribution >= 0.6 is 11.3 Å². The molecule has 16 heavy (non-hydrogen) atoms. The van der Waals surface area contributed by atoms with Gasteiger partial charge >= 0.3 is 0 Å².